The van der Waals surface area contributed by atoms with Gasteiger partial charge in [0.15, 0.2) is 0 Å². The molecule has 3 N–H and O–H groups in total. The lowest BCUT2D eigenvalue weighted by atomic mass is 10.0. The number of likely N-dealkylation sites (N-methyl/N-ethyl adjacent to an activating group) is 1. The number of carbonyl (C=O) groups is 4. The van der Waals surface area contributed by atoms with Crippen LogP contribution in [0.4, 0.5) is 5.69 Å². The zero-order valence-corrected chi connectivity index (χ0v) is 23.4. The van der Waals surface area contributed by atoms with Gasteiger partial charge in [-0.3, -0.25) is 19.2 Å². The van der Waals surface area contributed by atoms with Gasteiger partial charge in [0.05, 0.1) is 15.8 Å². The standard InChI is InChI=1S/C27H35ClN4O5S/c1-3-37-25(34)6-4-5-24(33)29-14-11-21(31-27(36)22-9-10-23(28)38-22)26(35)30-20-8-7-18-12-15-32(2)16-13-19(18)17-20/h7-10,17,21H,3-6,11-16H2,1-2H3,(H,29,33)(H,30,35)(H,31,36)/t21-/m1/s1. The second-order valence-corrected chi connectivity index (χ2v) is 10.9. The molecule has 9 nitrogen and oxygen atoms in total. The van der Waals surface area contributed by atoms with Gasteiger partial charge < -0.3 is 25.6 Å². The van der Waals surface area contributed by atoms with Crippen molar-refractivity contribution in [3.8, 4) is 0 Å². The Balaban J connectivity index is 1.60. The molecule has 3 rings (SSSR count). The van der Waals surface area contributed by atoms with Gasteiger partial charge in [-0.15, -0.1) is 11.3 Å². The number of ether oxygens (including phenoxy) is 1. The number of thiophene rings is 1. The first-order chi connectivity index (χ1) is 18.2. The molecule has 38 heavy (non-hydrogen) atoms. The molecule has 1 aliphatic heterocycles. The molecular weight excluding hydrogens is 528 g/mol. The van der Waals surface area contributed by atoms with Crippen LogP contribution in [0.25, 0.3) is 0 Å². The van der Waals surface area contributed by atoms with E-state index in [4.69, 9.17) is 16.3 Å². The maximum absolute atomic E-state index is 13.2. The molecule has 206 valence electrons. The summed E-state index contributed by atoms with van der Waals surface area (Å²) in [4.78, 5) is 52.3. The molecule has 1 aromatic heterocycles. The number of esters is 1. The van der Waals surface area contributed by atoms with Crippen molar-refractivity contribution in [2.75, 3.05) is 38.6 Å². The van der Waals surface area contributed by atoms with E-state index in [2.05, 4.69) is 27.9 Å². The summed E-state index contributed by atoms with van der Waals surface area (Å²) < 4.78 is 5.34. The fraction of sp³-hybridized carbons (Fsp3) is 0.481. The topological polar surface area (TPSA) is 117 Å². The first kappa shape index (κ1) is 29.6. The molecule has 0 saturated carbocycles. The van der Waals surface area contributed by atoms with E-state index in [1.165, 1.54) is 11.1 Å². The summed E-state index contributed by atoms with van der Waals surface area (Å²) >= 11 is 7.09. The molecule has 0 bridgehead atoms. The molecule has 2 heterocycles. The van der Waals surface area contributed by atoms with Crippen molar-refractivity contribution in [1.29, 1.82) is 0 Å². The van der Waals surface area contributed by atoms with Gasteiger partial charge in [-0.05, 0) is 75.0 Å². The van der Waals surface area contributed by atoms with Crippen molar-refractivity contribution in [1.82, 2.24) is 15.5 Å². The number of nitrogens with one attached hydrogen (secondary N) is 3. The highest BCUT2D eigenvalue weighted by Crippen LogP contribution is 2.22. The Morgan fingerprint density at radius 1 is 1.08 bits per heavy atom. The quantitative estimate of drug-likeness (QED) is 0.341. The van der Waals surface area contributed by atoms with Crippen molar-refractivity contribution in [2.45, 2.75) is 51.5 Å². The number of hydrogen-bond acceptors (Lipinski definition) is 7. The summed E-state index contributed by atoms with van der Waals surface area (Å²) in [5.74, 6) is -1.35. The van der Waals surface area contributed by atoms with E-state index >= 15 is 0 Å². The van der Waals surface area contributed by atoms with Crippen LogP contribution in [-0.4, -0.2) is 67.9 Å². The van der Waals surface area contributed by atoms with Crippen LogP contribution >= 0.6 is 22.9 Å². The molecule has 3 amide bonds. The van der Waals surface area contributed by atoms with E-state index in [1.807, 2.05) is 18.2 Å². The number of nitrogens with zero attached hydrogens (tertiary/aromatic N) is 1. The molecule has 1 aromatic carbocycles. The summed E-state index contributed by atoms with van der Waals surface area (Å²) in [6, 6.07) is 8.27. The second-order valence-electron chi connectivity index (χ2n) is 9.20. The third-order valence-corrected chi connectivity index (χ3v) is 7.49. The van der Waals surface area contributed by atoms with Crippen molar-refractivity contribution < 1.29 is 23.9 Å². The molecule has 0 saturated heterocycles. The second kappa shape index (κ2) is 14.8. The molecule has 11 heteroatoms. The minimum Gasteiger partial charge on any atom is -0.466 e. The van der Waals surface area contributed by atoms with Gasteiger partial charge in [-0.25, -0.2) is 0 Å². The van der Waals surface area contributed by atoms with E-state index in [9.17, 15) is 19.2 Å². The summed E-state index contributed by atoms with van der Waals surface area (Å²) in [7, 11) is 2.10. The highest BCUT2D eigenvalue weighted by Gasteiger charge is 2.23. The lowest BCUT2D eigenvalue weighted by molar-refractivity contribution is -0.143. The van der Waals surface area contributed by atoms with E-state index in [1.54, 1.807) is 19.1 Å². The first-order valence-electron chi connectivity index (χ1n) is 12.8. The SMILES string of the molecule is CCOC(=O)CCCC(=O)NCC[C@@H](NC(=O)c1ccc(Cl)s1)C(=O)Nc1ccc2c(c1)CCN(C)CC2. The summed E-state index contributed by atoms with van der Waals surface area (Å²) in [6.45, 7) is 4.16. The van der Waals surface area contributed by atoms with Crippen molar-refractivity contribution in [2.24, 2.45) is 0 Å². The van der Waals surface area contributed by atoms with Crippen LogP contribution < -0.4 is 16.0 Å². The van der Waals surface area contributed by atoms with Gasteiger partial charge in [0, 0.05) is 38.2 Å². The smallest absolute Gasteiger partial charge is 0.305 e. The normalized spacial score (nSPS) is 14.1. The number of amides is 3. The van der Waals surface area contributed by atoms with Crippen molar-refractivity contribution in [3.05, 3.63) is 50.7 Å². The Kier molecular flexibility index (Phi) is 11.6. The molecule has 0 spiro atoms. The number of carbonyl (C=O) groups excluding carboxylic acids is 4. The van der Waals surface area contributed by atoms with E-state index in [0.717, 1.165) is 37.3 Å². The Hall–Kier alpha value is -2.95. The van der Waals surface area contributed by atoms with Crippen LogP contribution in [0.2, 0.25) is 4.34 Å². The molecule has 0 fully saturated rings. The van der Waals surface area contributed by atoms with Gasteiger partial charge in [0.1, 0.15) is 6.04 Å². The number of hydrogen-bond donors (Lipinski definition) is 3. The fourth-order valence-electron chi connectivity index (χ4n) is 4.15. The van der Waals surface area contributed by atoms with Gasteiger partial charge >= 0.3 is 5.97 Å². The number of benzene rings is 1. The maximum Gasteiger partial charge on any atom is 0.305 e. The minimum absolute atomic E-state index is 0.167. The number of rotatable bonds is 12. The van der Waals surface area contributed by atoms with Crippen molar-refractivity contribution in [3.63, 3.8) is 0 Å². The zero-order valence-electron chi connectivity index (χ0n) is 21.8. The van der Waals surface area contributed by atoms with Gasteiger partial charge in [-0.1, -0.05) is 17.7 Å². The van der Waals surface area contributed by atoms with Crippen LogP contribution in [0.15, 0.2) is 30.3 Å². The third-order valence-electron chi connectivity index (χ3n) is 6.26. The summed E-state index contributed by atoms with van der Waals surface area (Å²) in [5, 5.41) is 8.46. The van der Waals surface area contributed by atoms with Gasteiger partial charge in [-0.2, -0.15) is 0 Å². The molecule has 1 atom stereocenters. The summed E-state index contributed by atoms with van der Waals surface area (Å²) in [5.41, 5.74) is 3.15. The maximum atomic E-state index is 13.2. The Morgan fingerprint density at radius 3 is 2.55 bits per heavy atom. The van der Waals surface area contributed by atoms with E-state index in [0.29, 0.717) is 27.9 Å². The molecule has 1 aliphatic rings. The van der Waals surface area contributed by atoms with Crippen LogP contribution in [0.5, 0.6) is 0 Å². The number of anilines is 1. The van der Waals surface area contributed by atoms with Gasteiger partial charge in [0.2, 0.25) is 11.8 Å². The number of halogens is 1. The molecular formula is C27H35ClN4O5S. The van der Waals surface area contributed by atoms with Crippen molar-refractivity contribution >= 4 is 52.3 Å². The molecule has 0 unspecified atom stereocenters. The average Bonchev–Trinajstić information content (AvgIpc) is 3.23. The van der Waals surface area contributed by atoms with E-state index in [-0.39, 0.29) is 43.6 Å². The Morgan fingerprint density at radius 2 is 1.84 bits per heavy atom. The lowest BCUT2D eigenvalue weighted by Crippen LogP contribution is -2.45. The predicted molar refractivity (Wildman–Crippen MR) is 149 cm³/mol. The van der Waals surface area contributed by atoms with Crippen LogP contribution in [0, 0.1) is 0 Å². The Bertz CT molecular complexity index is 1140. The molecule has 0 radical (unpaired) electrons. The van der Waals surface area contributed by atoms with Gasteiger partial charge in [0.25, 0.3) is 5.91 Å². The largest absolute Gasteiger partial charge is 0.466 e. The molecule has 2 aromatic rings. The number of fused-ring (bicyclic) bond motifs is 1. The zero-order chi connectivity index (χ0) is 27.5. The Labute approximate surface area is 232 Å². The lowest BCUT2D eigenvalue weighted by Gasteiger charge is -2.19. The first-order valence-corrected chi connectivity index (χ1v) is 14.0. The van der Waals surface area contributed by atoms with Crippen LogP contribution in [0.3, 0.4) is 0 Å². The fourth-order valence-corrected chi connectivity index (χ4v) is 5.10. The van der Waals surface area contributed by atoms with Crippen LogP contribution in [0.1, 0.15) is 53.4 Å². The van der Waals surface area contributed by atoms with Crippen LogP contribution in [-0.2, 0) is 32.0 Å². The highest BCUT2D eigenvalue weighted by molar-refractivity contribution is 7.18. The third kappa shape index (κ3) is 9.41. The monoisotopic (exact) mass is 562 g/mol. The molecule has 0 aliphatic carbocycles. The summed E-state index contributed by atoms with van der Waals surface area (Å²) in [6.07, 6.45) is 2.76. The average molecular weight is 563 g/mol. The predicted octanol–water partition coefficient (Wildman–Crippen LogP) is 3.41. The van der Waals surface area contributed by atoms with E-state index < -0.39 is 11.9 Å². The highest BCUT2D eigenvalue weighted by atomic mass is 35.5. The minimum atomic E-state index is -0.881.